The molecule has 2 N–H and O–H groups in total. The summed E-state index contributed by atoms with van der Waals surface area (Å²) in [5, 5.41) is 6.67. The molecule has 3 aromatic carbocycles. The largest absolute Gasteiger partial charge is 0.238 e. The van der Waals surface area contributed by atoms with Gasteiger partial charge >= 0.3 is 0 Å². The maximum Gasteiger partial charge on any atom is 0.238 e. The van der Waals surface area contributed by atoms with Crippen molar-refractivity contribution in [1.29, 1.82) is 0 Å². The minimum absolute atomic E-state index is 0.0768. The number of hydrogen-bond acceptors (Lipinski definition) is 5. The van der Waals surface area contributed by atoms with Crippen LogP contribution in [0.3, 0.4) is 0 Å². The van der Waals surface area contributed by atoms with Gasteiger partial charge in [-0.3, -0.25) is 0 Å². The Kier molecular flexibility index (Phi) is 5.99. The number of nitrogens with two attached hydrogens (primary N) is 1. The number of halogens is 1. The number of sulfonamides is 1. The summed E-state index contributed by atoms with van der Waals surface area (Å²) in [4.78, 5) is 7.07. The maximum absolute atomic E-state index is 11.6. The zero-order chi connectivity index (χ0) is 21.3. The van der Waals surface area contributed by atoms with Crippen LogP contribution in [-0.2, 0) is 10.0 Å². The molecule has 0 aliphatic rings. The third-order valence-electron chi connectivity index (χ3n) is 4.54. The molecule has 0 radical (unpaired) electrons. The van der Waals surface area contributed by atoms with Crippen molar-refractivity contribution < 1.29 is 8.42 Å². The molecule has 0 spiro atoms. The lowest BCUT2D eigenvalue weighted by molar-refractivity contribution is 0.598. The van der Waals surface area contributed by atoms with Crippen LogP contribution in [0.5, 0.6) is 0 Å². The van der Waals surface area contributed by atoms with Crippen LogP contribution < -0.4 is 5.14 Å². The average Bonchev–Trinajstić information content (AvgIpc) is 3.19. The molecule has 4 nitrogen and oxygen atoms in total. The number of hydrogen-bond donors (Lipinski definition) is 1. The molecular formula is C22H17ClN2O2S3. The van der Waals surface area contributed by atoms with E-state index in [1.54, 1.807) is 23.9 Å². The van der Waals surface area contributed by atoms with Crippen LogP contribution in [0, 0.1) is 0 Å². The zero-order valence-electron chi connectivity index (χ0n) is 15.9. The first-order valence-corrected chi connectivity index (χ1v) is 12.9. The number of thioether (sulfide) groups is 1. The van der Waals surface area contributed by atoms with E-state index in [1.165, 1.54) is 28.4 Å². The fraction of sp³-hybridized carbons (Fsp3) is 0.0455. The Morgan fingerprint density at radius 3 is 2.17 bits per heavy atom. The molecule has 4 aromatic rings. The molecule has 0 unspecified atom stereocenters. The predicted octanol–water partition coefficient (Wildman–Crippen LogP) is 6.17. The Hall–Kier alpha value is -2.16. The van der Waals surface area contributed by atoms with E-state index in [9.17, 15) is 8.42 Å². The van der Waals surface area contributed by atoms with Gasteiger partial charge in [0.1, 0.15) is 5.01 Å². The molecule has 0 aliphatic carbocycles. The zero-order valence-corrected chi connectivity index (χ0v) is 19.1. The molecule has 0 saturated carbocycles. The highest BCUT2D eigenvalue weighted by Crippen LogP contribution is 2.42. The predicted molar refractivity (Wildman–Crippen MR) is 127 cm³/mol. The molecule has 0 amide bonds. The van der Waals surface area contributed by atoms with Crippen LogP contribution in [0.2, 0.25) is 5.02 Å². The summed E-state index contributed by atoms with van der Waals surface area (Å²) < 4.78 is 23.2. The van der Waals surface area contributed by atoms with Gasteiger partial charge in [0.15, 0.2) is 0 Å². The Labute approximate surface area is 188 Å². The van der Waals surface area contributed by atoms with Gasteiger partial charge in [0.2, 0.25) is 10.0 Å². The highest BCUT2D eigenvalue weighted by molar-refractivity contribution is 7.98. The van der Waals surface area contributed by atoms with Gasteiger partial charge < -0.3 is 0 Å². The van der Waals surface area contributed by atoms with E-state index in [-0.39, 0.29) is 4.90 Å². The molecule has 152 valence electrons. The van der Waals surface area contributed by atoms with E-state index < -0.39 is 10.0 Å². The number of aromatic nitrogens is 1. The summed E-state index contributed by atoms with van der Waals surface area (Å²) >= 11 is 9.60. The minimum atomic E-state index is -3.75. The number of thiazole rings is 1. The molecule has 0 fully saturated rings. The van der Waals surface area contributed by atoms with Crippen LogP contribution in [0.4, 0.5) is 0 Å². The van der Waals surface area contributed by atoms with Gasteiger partial charge in [-0.05, 0) is 42.2 Å². The van der Waals surface area contributed by atoms with Gasteiger partial charge in [-0.15, -0.1) is 23.1 Å². The number of rotatable bonds is 5. The number of nitrogens with zero attached hydrogens (tertiary/aromatic N) is 1. The monoisotopic (exact) mass is 472 g/mol. The Morgan fingerprint density at radius 2 is 1.57 bits per heavy atom. The van der Waals surface area contributed by atoms with Crippen LogP contribution in [-0.4, -0.2) is 19.7 Å². The van der Waals surface area contributed by atoms with Gasteiger partial charge in [0.25, 0.3) is 0 Å². The van der Waals surface area contributed by atoms with Gasteiger partial charge in [-0.1, -0.05) is 54.1 Å². The Morgan fingerprint density at radius 1 is 0.933 bits per heavy atom. The lowest BCUT2D eigenvalue weighted by Gasteiger charge is -2.05. The fourth-order valence-electron chi connectivity index (χ4n) is 3.01. The topological polar surface area (TPSA) is 73.0 Å². The molecule has 1 heterocycles. The SMILES string of the molecule is CSc1ccc(-c2nc(-c3ccccc3Cl)sc2-c2ccc(S(N)(=O)=O)cc2)cc1. The second-order valence-corrected chi connectivity index (χ2v) is 10.3. The lowest BCUT2D eigenvalue weighted by atomic mass is 10.1. The van der Waals surface area contributed by atoms with Crippen molar-refractivity contribution in [2.75, 3.05) is 6.26 Å². The average molecular weight is 473 g/mol. The third kappa shape index (κ3) is 4.31. The Bertz CT molecular complexity index is 1300. The molecule has 4 rings (SSSR count). The van der Waals surface area contributed by atoms with Crippen molar-refractivity contribution in [2.45, 2.75) is 9.79 Å². The third-order valence-corrected chi connectivity index (χ3v) is 7.68. The normalized spacial score (nSPS) is 11.6. The molecule has 0 bridgehead atoms. The van der Waals surface area contributed by atoms with Crippen LogP contribution in [0.15, 0.2) is 82.6 Å². The first-order valence-electron chi connectivity index (χ1n) is 8.90. The van der Waals surface area contributed by atoms with Crippen molar-refractivity contribution in [3.8, 4) is 32.3 Å². The first kappa shape index (κ1) is 21.1. The van der Waals surface area contributed by atoms with Gasteiger partial charge in [0.05, 0.1) is 20.5 Å². The molecular weight excluding hydrogens is 456 g/mol. The lowest BCUT2D eigenvalue weighted by Crippen LogP contribution is -2.11. The number of benzene rings is 3. The number of primary sulfonamides is 1. The van der Waals surface area contributed by atoms with Crippen molar-refractivity contribution in [1.82, 2.24) is 4.98 Å². The molecule has 0 saturated heterocycles. The van der Waals surface area contributed by atoms with Crippen molar-refractivity contribution in [3.05, 3.63) is 77.8 Å². The first-order chi connectivity index (χ1) is 14.4. The van der Waals surface area contributed by atoms with Gasteiger partial charge in [-0.25, -0.2) is 18.5 Å². The Balaban J connectivity index is 1.88. The second-order valence-electron chi connectivity index (χ2n) is 6.47. The quantitative estimate of drug-likeness (QED) is 0.352. The smallest absolute Gasteiger partial charge is 0.235 e. The van der Waals surface area contributed by atoms with E-state index in [1.807, 2.05) is 42.7 Å². The molecule has 1 aromatic heterocycles. The van der Waals surface area contributed by atoms with Gasteiger partial charge in [-0.2, -0.15) is 0 Å². The van der Waals surface area contributed by atoms with E-state index in [2.05, 4.69) is 12.1 Å². The van der Waals surface area contributed by atoms with Crippen LogP contribution in [0.1, 0.15) is 0 Å². The fourth-order valence-corrected chi connectivity index (χ4v) is 5.34. The molecule has 0 atom stereocenters. The molecule has 8 heteroatoms. The highest BCUT2D eigenvalue weighted by atomic mass is 35.5. The molecule has 30 heavy (non-hydrogen) atoms. The highest BCUT2D eigenvalue weighted by Gasteiger charge is 2.18. The van der Waals surface area contributed by atoms with Crippen LogP contribution >= 0.6 is 34.7 Å². The van der Waals surface area contributed by atoms with E-state index in [4.69, 9.17) is 21.7 Å². The summed E-state index contributed by atoms with van der Waals surface area (Å²) in [6.45, 7) is 0. The van der Waals surface area contributed by atoms with Crippen molar-refractivity contribution in [3.63, 3.8) is 0 Å². The minimum Gasteiger partial charge on any atom is -0.235 e. The second kappa shape index (κ2) is 8.53. The maximum atomic E-state index is 11.6. The summed E-state index contributed by atoms with van der Waals surface area (Å²) in [6.07, 6.45) is 2.03. The summed E-state index contributed by atoms with van der Waals surface area (Å²) in [6, 6.07) is 22.3. The summed E-state index contributed by atoms with van der Waals surface area (Å²) in [7, 11) is -3.75. The van der Waals surface area contributed by atoms with E-state index in [0.717, 1.165) is 32.3 Å². The van der Waals surface area contributed by atoms with Crippen LogP contribution in [0.25, 0.3) is 32.3 Å². The van der Waals surface area contributed by atoms with E-state index in [0.29, 0.717) is 5.02 Å². The van der Waals surface area contributed by atoms with Crippen molar-refractivity contribution >= 4 is 44.7 Å². The summed E-state index contributed by atoms with van der Waals surface area (Å²) in [5.41, 5.74) is 3.53. The van der Waals surface area contributed by atoms with Crippen molar-refractivity contribution in [2.24, 2.45) is 5.14 Å². The standard InChI is InChI=1S/C22H17ClN2O2S3/c1-28-16-10-6-14(7-11-16)20-21(15-8-12-17(13-9-15)30(24,26)27)29-22(25-20)18-4-2-3-5-19(18)23/h2-13H,1H3,(H2,24,26,27). The van der Waals surface area contributed by atoms with E-state index >= 15 is 0 Å². The van der Waals surface area contributed by atoms with Gasteiger partial charge in [0, 0.05) is 16.0 Å². The summed E-state index contributed by atoms with van der Waals surface area (Å²) in [5.74, 6) is 0. The molecule has 0 aliphatic heterocycles.